The van der Waals surface area contributed by atoms with Crippen LogP contribution >= 0.6 is 0 Å². The number of carbonyl (C=O) groups is 1. The summed E-state index contributed by atoms with van der Waals surface area (Å²) in [4.78, 5) is 16.3. The molecule has 1 amide bonds. The summed E-state index contributed by atoms with van der Waals surface area (Å²) in [5, 5.41) is 5.79. The van der Waals surface area contributed by atoms with E-state index in [4.69, 9.17) is 4.74 Å². The highest BCUT2D eigenvalue weighted by Crippen LogP contribution is 2.22. The molecule has 2 heterocycles. The van der Waals surface area contributed by atoms with Gasteiger partial charge in [-0.2, -0.15) is 0 Å². The van der Waals surface area contributed by atoms with Gasteiger partial charge in [-0.3, -0.25) is 9.78 Å². The Kier molecular flexibility index (Phi) is 3.64. The van der Waals surface area contributed by atoms with Crippen molar-refractivity contribution in [1.29, 1.82) is 0 Å². The fraction of sp³-hybridized carbons (Fsp3) is 0.188. The number of carbonyl (C=O) groups excluding carboxylic acids is 1. The van der Waals surface area contributed by atoms with Gasteiger partial charge >= 0.3 is 0 Å². The van der Waals surface area contributed by atoms with Gasteiger partial charge in [0.05, 0.1) is 11.7 Å². The SMILES string of the molecule is CC(c1ccccn1)N1N=C(c2ccccc2)OCC1=O. The highest BCUT2D eigenvalue weighted by atomic mass is 16.5. The van der Waals surface area contributed by atoms with Crippen LogP contribution < -0.4 is 0 Å². The first-order valence-electron chi connectivity index (χ1n) is 6.75. The molecule has 1 aromatic heterocycles. The number of hydrazone groups is 1. The van der Waals surface area contributed by atoms with E-state index < -0.39 is 0 Å². The van der Waals surface area contributed by atoms with E-state index in [2.05, 4.69) is 10.1 Å². The van der Waals surface area contributed by atoms with E-state index in [1.165, 1.54) is 5.01 Å². The van der Waals surface area contributed by atoms with Gasteiger partial charge in [0.25, 0.3) is 5.91 Å². The van der Waals surface area contributed by atoms with E-state index in [0.29, 0.717) is 5.90 Å². The molecule has 0 fully saturated rings. The minimum absolute atomic E-state index is 0.00903. The van der Waals surface area contributed by atoms with Gasteiger partial charge in [0.2, 0.25) is 5.90 Å². The van der Waals surface area contributed by atoms with Crippen LogP contribution in [0.25, 0.3) is 0 Å². The third kappa shape index (κ3) is 2.76. The molecule has 0 saturated carbocycles. The Morgan fingerprint density at radius 2 is 1.90 bits per heavy atom. The first kappa shape index (κ1) is 13.3. The second-order valence-corrected chi connectivity index (χ2v) is 4.73. The number of hydrogen-bond donors (Lipinski definition) is 0. The lowest BCUT2D eigenvalue weighted by molar-refractivity contribution is -0.138. The molecule has 1 aliphatic rings. The average molecular weight is 281 g/mol. The first-order valence-corrected chi connectivity index (χ1v) is 6.75. The van der Waals surface area contributed by atoms with Crippen molar-refractivity contribution >= 4 is 11.8 Å². The average Bonchev–Trinajstić information content (AvgIpc) is 2.56. The first-order chi connectivity index (χ1) is 10.3. The predicted octanol–water partition coefficient (Wildman–Crippen LogP) is 2.36. The zero-order valence-electron chi connectivity index (χ0n) is 11.6. The highest BCUT2D eigenvalue weighted by Gasteiger charge is 2.28. The van der Waals surface area contributed by atoms with Crippen molar-refractivity contribution in [3.05, 3.63) is 66.0 Å². The van der Waals surface area contributed by atoms with Crippen molar-refractivity contribution < 1.29 is 9.53 Å². The Labute approximate surface area is 122 Å². The van der Waals surface area contributed by atoms with Crippen LogP contribution in [0.4, 0.5) is 0 Å². The number of ether oxygens (including phenoxy) is 1. The van der Waals surface area contributed by atoms with Gasteiger partial charge in [0.15, 0.2) is 6.61 Å². The van der Waals surface area contributed by atoms with Crippen molar-refractivity contribution in [2.75, 3.05) is 6.61 Å². The van der Waals surface area contributed by atoms with E-state index in [9.17, 15) is 4.79 Å². The summed E-state index contributed by atoms with van der Waals surface area (Å²) in [5.74, 6) is 0.283. The minimum Gasteiger partial charge on any atom is -0.466 e. The van der Waals surface area contributed by atoms with Gasteiger partial charge < -0.3 is 4.74 Å². The Bertz CT molecular complexity index is 656. The zero-order valence-corrected chi connectivity index (χ0v) is 11.6. The van der Waals surface area contributed by atoms with Crippen LogP contribution in [-0.2, 0) is 9.53 Å². The van der Waals surface area contributed by atoms with Gasteiger partial charge in [0.1, 0.15) is 0 Å². The lowest BCUT2D eigenvalue weighted by Crippen LogP contribution is -2.38. The summed E-state index contributed by atoms with van der Waals surface area (Å²) in [7, 11) is 0. The fourth-order valence-electron chi connectivity index (χ4n) is 2.15. The topological polar surface area (TPSA) is 54.8 Å². The second kappa shape index (κ2) is 5.75. The molecule has 3 rings (SSSR count). The van der Waals surface area contributed by atoms with Gasteiger partial charge in [-0.25, -0.2) is 5.01 Å². The molecule has 0 N–H and O–H groups in total. The fourth-order valence-corrected chi connectivity index (χ4v) is 2.15. The molecule has 0 spiro atoms. The van der Waals surface area contributed by atoms with Crippen molar-refractivity contribution in [1.82, 2.24) is 9.99 Å². The van der Waals surface area contributed by atoms with E-state index in [1.807, 2.05) is 55.5 Å². The van der Waals surface area contributed by atoms with Crippen LogP contribution in [-0.4, -0.2) is 28.4 Å². The molecule has 0 bridgehead atoms. The van der Waals surface area contributed by atoms with Gasteiger partial charge in [-0.15, -0.1) is 5.10 Å². The molecule has 5 nitrogen and oxygen atoms in total. The number of aromatic nitrogens is 1. The van der Waals surface area contributed by atoms with E-state index in [1.54, 1.807) is 6.20 Å². The normalized spacial score (nSPS) is 16.1. The molecule has 1 aliphatic heterocycles. The van der Waals surface area contributed by atoms with Gasteiger partial charge in [-0.1, -0.05) is 24.3 Å². The summed E-state index contributed by atoms with van der Waals surface area (Å²) in [5.41, 5.74) is 1.65. The van der Waals surface area contributed by atoms with Gasteiger partial charge in [0, 0.05) is 11.8 Å². The summed E-state index contributed by atoms with van der Waals surface area (Å²) in [6, 6.07) is 14.9. The minimum atomic E-state index is -0.235. The number of pyridine rings is 1. The molecule has 1 unspecified atom stereocenters. The summed E-state index contributed by atoms with van der Waals surface area (Å²) >= 11 is 0. The molecule has 0 aliphatic carbocycles. The maximum atomic E-state index is 12.1. The quantitative estimate of drug-likeness (QED) is 0.868. The Morgan fingerprint density at radius 3 is 2.62 bits per heavy atom. The van der Waals surface area contributed by atoms with E-state index in [-0.39, 0.29) is 18.6 Å². The molecule has 2 aromatic rings. The molecule has 0 saturated heterocycles. The van der Waals surface area contributed by atoms with E-state index >= 15 is 0 Å². The maximum absolute atomic E-state index is 12.1. The maximum Gasteiger partial charge on any atom is 0.281 e. The molecular formula is C16H15N3O2. The van der Waals surface area contributed by atoms with Crippen molar-refractivity contribution in [3.63, 3.8) is 0 Å². The van der Waals surface area contributed by atoms with Crippen LogP contribution in [0.5, 0.6) is 0 Å². The number of benzene rings is 1. The van der Waals surface area contributed by atoms with Crippen LogP contribution in [0.3, 0.4) is 0 Å². The van der Waals surface area contributed by atoms with Crippen molar-refractivity contribution in [3.8, 4) is 0 Å². The number of hydrogen-bond acceptors (Lipinski definition) is 4. The third-order valence-corrected chi connectivity index (χ3v) is 3.29. The predicted molar refractivity (Wildman–Crippen MR) is 78.4 cm³/mol. The molecule has 1 aromatic carbocycles. The summed E-state index contributed by atoms with van der Waals surface area (Å²) in [6.45, 7) is 1.89. The highest BCUT2D eigenvalue weighted by molar-refractivity contribution is 5.98. The number of amides is 1. The Balaban J connectivity index is 1.91. The van der Waals surface area contributed by atoms with E-state index in [0.717, 1.165) is 11.3 Å². The third-order valence-electron chi connectivity index (χ3n) is 3.29. The molecule has 0 radical (unpaired) electrons. The molecular weight excluding hydrogens is 266 g/mol. The Morgan fingerprint density at radius 1 is 1.14 bits per heavy atom. The van der Waals surface area contributed by atoms with Crippen LogP contribution in [0.15, 0.2) is 59.8 Å². The Hall–Kier alpha value is -2.69. The number of rotatable bonds is 3. The summed E-state index contributed by atoms with van der Waals surface area (Å²) < 4.78 is 5.43. The lowest BCUT2D eigenvalue weighted by atomic mass is 10.2. The molecule has 106 valence electrons. The summed E-state index contributed by atoms with van der Waals surface area (Å²) in [6.07, 6.45) is 1.71. The second-order valence-electron chi connectivity index (χ2n) is 4.73. The van der Waals surface area contributed by atoms with Crippen molar-refractivity contribution in [2.24, 2.45) is 5.10 Å². The molecule has 5 heteroatoms. The van der Waals surface area contributed by atoms with Crippen LogP contribution in [0, 0.1) is 0 Å². The monoisotopic (exact) mass is 281 g/mol. The number of nitrogens with zero attached hydrogens (tertiary/aromatic N) is 3. The van der Waals surface area contributed by atoms with Crippen LogP contribution in [0.2, 0.25) is 0 Å². The lowest BCUT2D eigenvalue weighted by Gasteiger charge is -2.28. The van der Waals surface area contributed by atoms with Gasteiger partial charge in [-0.05, 0) is 31.2 Å². The standard InChI is InChI=1S/C16H15N3O2/c1-12(14-9-5-6-10-17-14)19-15(20)11-21-16(18-19)13-7-3-2-4-8-13/h2-10,12H,11H2,1H3. The largest absolute Gasteiger partial charge is 0.466 e. The van der Waals surface area contributed by atoms with Crippen LogP contribution in [0.1, 0.15) is 24.2 Å². The molecule has 1 atom stereocenters. The zero-order chi connectivity index (χ0) is 14.7. The van der Waals surface area contributed by atoms with Crippen molar-refractivity contribution in [2.45, 2.75) is 13.0 Å². The smallest absolute Gasteiger partial charge is 0.281 e. The molecule has 21 heavy (non-hydrogen) atoms.